The number of hydrogen-bond donors (Lipinski definition) is 0. The minimum Gasteiger partial charge on any atom is -0.321 e. The van der Waals surface area contributed by atoms with E-state index in [9.17, 15) is 17.6 Å². The Hall–Kier alpha value is -3.16. The van der Waals surface area contributed by atoms with Gasteiger partial charge in [0, 0.05) is 23.9 Å². The number of alkyl halides is 3. The third kappa shape index (κ3) is 3.18. The van der Waals surface area contributed by atoms with Crippen molar-refractivity contribution in [2.24, 2.45) is 4.99 Å². The predicted octanol–water partition coefficient (Wildman–Crippen LogP) is 5.42. The Kier molecular flexibility index (Phi) is 3.97. The number of aromatic nitrogens is 2. The summed E-state index contributed by atoms with van der Waals surface area (Å²) < 4.78 is 54.6. The van der Waals surface area contributed by atoms with E-state index in [1.54, 1.807) is 18.5 Å². The molecule has 0 radical (unpaired) electrons. The van der Waals surface area contributed by atoms with Gasteiger partial charge in [0.2, 0.25) is 0 Å². The average Bonchev–Trinajstić information content (AvgIpc) is 3.48. The Labute approximate surface area is 163 Å². The largest absolute Gasteiger partial charge is 0.416 e. The predicted molar refractivity (Wildman–Crippen MR) is 103 cm³/mol. The van der Waals surface area contributed by atoms with E-state index in [1.165, 1.54) is 24.3 Å². The van der Waals surface area contributed by atoms with E-state index >= 15 is 0 Å². The molecule has 1 aliphatic heterocycles. The van der Waals surface area contributed by atoms with Crippen LogP contribution in [0.5, 0.6) is 0 Å². The van der Waals surface area contributed by atoms with E-state index < -0.39 is 11.7 Å². The van der Waals surface area contributed by atoms with Crippen LogP contribution >= 0.6 is 0 Å². The van der Waals surface area contributed by atoms with Crippen molar-refractivity contribution < 1.29 is 17.6 Å². The topological polar surface area (TPSA) is 33.4 Å². The fourth-order valence-corrected chi connectivity index (χ4v) is 3.58. The van der Waals surface area contributed by atoms with Crippen molar-refractivity contribution in [3.8, 4) is 0 Å². The molecule has 0 bridgehead atoms. The molecule has 0 amide bonds. The third-order valence-electron chi connectivity index (χ3n) is 5.16. The van der Waals surface area contributed by atoms with Gasteiger partial charge >= 0.3 is 6.18 Å². The summed E-state index contributed by atoms with van der Waals surface area (Å²) in [7, 11) is 0. The standard InChI is InChI=1S/C21H16F4N4/c22-15-5-8-17-18(11-15)29(20(27-17)13-1-2-13)19-12-26-9-10-28(19)16-6-3-14(4-7-16)21(23,24)25/h3-9,11-13H,1-2,10H2. The van der Waals surface area contributed by atoms with Crippen molar-refractivity contribution in [3.63, 3.8) is 0 Å². The summed E-state index contributed by atoms with van der Waals surface area (Å²) in [6.07, 6.45) is 0.930. The number of anilines is 1. The van der Waals surface area contributed by atoms with Crippen molar-refractivity contribution in [2.75, 3.05) is 11.4 Å². The van der Waals surface area contributed by atoms with Crippen LogP contribution in [0.25, 0.3) is 16.9 Å². The van der Waals surface area contributed by atoms with Gasteiger partial charge in [0.25, 0.3) is 0 Å². The number of benzene rings is 2. The summed E-state index contributed by atoms with van der Waals surface area (Å²) >= 11 is 0. The molecule has 1 aromatic heterocycles. The second-order valence-corrected chi connectivity index (χ2v) is 7.19. The number of halogens is 4. The first-order valence-electron chi connectivity index (χ1n) is 9.27. The lowest BCUT2D eigenvalue weighted by Crippen LogP contribution is -2.29. The third-order valence-corrected chi connectivity index (χ3v) is 5.16. The summed E-state index contributed by atoms with van der Waals surface area (Å²) in [6, 6.07) is 9.44. The Morgan fingerprint density at radius 1 is 1.00 bits per heavy atom. The molecule has 0 atom stereocenters. The van der Waals surface area contributed by atoms with Crippen molar-refractivity contribution in [2.45, 2.75) is 24.9 Å². The zero-order chi connectivity index (χ0) is 20.2. The highest BCUT2D eigenvalue weighted by atomic mass is 19.4. The highest BCUT2D eigenvalue weighted by molar-refractivity contribution is 5.87. The molecule has 0 saturated heterocycles. The van der Waals surface area contributed by atoms with Crippen LogP contribution < -0.4 is 4.90 Å². The van der Waals surface area contributed by atoms with Crippen molar-refractivity contribution in [1.82, 2.24) is 9.55 Å². The zero-order valence-electron chi connectivity index (χ0n) is 15.2. The molecular weight excluding hydrogens is 384 g/mol. The van der Waals surface area contributed by atoms with Crippen LogP contribution in [0.3, 0.4) is 0 Å². The van der Waals surface area contributed by atoms with Gasteiger partial charge in [-0.3, -0.25) is 9.56 Å². The Bertz CT molecular complexity index is 1140. The minimum atomic E-state index is -4.39. The van der Waals surface area contributed by atoms with Crippen molar-refractivity contribution >= 4 is 28.8 Å². The summed E-state index contributed by atoms with van der Waals surface area (Å²) in [5.41, 5.74) is 1.19. The van der Waals surface area contributed by atoms with Crippen LogP contribution in [0.2, 0.25) is 0 Å². The zero-order valence-corrected chi connectivity index (χ0v) is 15.2. The fraction of sp³-hybridized carbons (Fsp3) is 0.238. The Balaban J connectivity index is 1.63. The first-order chi connectivity index (χ1) is 13.9. The molecule has 5 rings (SSSR count). The van der Waals surface area contributed by atoms with Crippen LogP contribution in [0, 0.1) is 5.82 Å². The van der Waals surface area contributed by atoms with Crippen molar-refractivity contribution in [1.29, 1.82) is 0 Å². The summed E-state index contributed by atoms with van der Waals surface area (Å²) in [4.78, 5) is 10.8. The van der Waals surface area contributed by atoms with Crippen LogP contribution in [0.4, 0.5) is 23.2 Å². The van der Waals surface area contributed by atoms with Gasteiger partial charge in [0.1, 0.15) is 17.5 Å². The molecule has 148 valence electrons. The second kappa shape index (κ2) is 6.43. The summed E-state index contributed by atoms with van der Waals surface area (Å²) in [5.74, 6) is 1.38. The van der Waals surface area contributed by atoms with Crippen LogP contribution in [0.1, 0.15) is 30.1 Å². The smallest absolute Gasteiger partial charge is 0.321 e. The minimum absolute atomic E-state index is 0.284. The molecule has 1 aliphatic carbocycles. The first kappa shape index (κ1) is 17.9. The van der Waals surface area contributed by atoms with Gasteiger partial charge in [0.15, 0.2) is 0 Å². The lowest BCUT2D eigenvalue weighted by Gasteiger charge is -2.29. The van der Waals surface area contributed by atoms with Gasteiger partial charge in [-0.1, -0.05) is 0 Å². The molecule has 8 heteroatoms. The molecule has 2 heterocycles. The molecule has 29 heavy (non-hydrogen) atoms. The maximum atomic E-state index is 14.0. The molecule has 0 unspecified atom stereocenters. The molecule has 4 nitrogen and oxygen atoms in total. The average molecular weight is 400 g/mol. The lowest BCUT2D eigenvalue weighted by atomic mass is 10.2. The molecule has 3 aromatic rings. The molecule has 1 saturated carbocycles. The van der Waals surface area contributed by atoms with E-state index in [2.05, 4.69) is 4.99 Å². The van der Waals surface area contributed by atoms with Gasteiger partial charge < -0.3 is 4.90 Å². The van der Waals surface area contributed by atoms with Crippen molar-refractivity contribution in [3.05, 3.63) is 65.9 Å². The Morgan fingerprint density at radius 2 is 1.76 bits per heavy atom. The molecular formula is C21H16F4N4. The number of aliphatic imine (C=N–C) groups is 1. The molecule has 2 aliphatic rings. The van der Waals surface area contributed by atoms with Gasteiger partial charge in [-0.2, -0.15) is 13.2 Å². The molecule has 2 aromatic carbocycles. The van der Waals surface area contributed by atoms with Gasteiger partial charge in [-0.25, -0.2) is 9.37 Å². The SMILES string of the molecule is Fc1ccc2nc(C3CC3)n(C3=CN=CCN3c3ccc(C(F)(F)F)cc3)c2c1. The number of imidazole rings is 1. The maximum Gasteiger partial charge on any atom is 0.416 e. The van der Waals surface area contributed by atoms with Gasteiger partial charge in [-0.15, -0.1) is 0 Å². The quantitative estimate of drug-likeness (QED) is 0.550. The monoisotopic (exact) mass is 400 g/mol. The molecule has 0 N–H and O–H groups in total. The van der Waals surface area contributed by atoms with E-state index in [1.807, 2.05) is 9.47 Å². The Morgan fingerprint density at radius 3 is 2.45 bits per heavy atom. The van der Waals surface area contributed by atoms with Gasteiger partial charge in [-0.05, 0) is 49.2 Å². The number of fused-ring (bicyclic) bond motifs is 1. The number of hydrogen-bond acceptors (Lipinski definition) is 3. The normalized spacial score (nSPS) is 17.1. The van der Waals surface area contributed by atoms with Gasteiger partial charge in [0.05, 0.1) is 29.3 Å². The summed E-state index contributed by atoms with van der Waals surface area (Å²) in [5, 5.41) is 0. The van der Waals surface area contributed by atoms with E-state index in [-0.39, 0.29) is 11.7 Å². The second-order valence-electron chi connectivity index (χ2n) is 7.19. The van der Waals surface area contributed by atoms with Crippen LogP contribution in [-0.2, 0) is 6.18 Å². The van der Waals surface area contributed by atoms with Crippen LogP contribution in [-0.4, -0.2) is 22.3 Å². The van der Waals surface area contributed by atoms with E-state index in [0.29, 0.717) is 29.1 Å². The first-order valence-corrected chi connectivity index (χ1v) is 9.27. The highest BCUT2D eigenvalue weighted by Crippen LogP contribution is 2.43. The number of rotatable bonds is 3. The molecule has 1 fully saturated rings. The lowest BCUT2D eigenvalue weighted by molar-refractivity contribution is -0.137. The van der Waals surface area contributed by atoms with E-state index in [4.69, 9.17) is 4.98 Å². The van der Waals surface area contributed by atoms with Crippen LogP contribution in [0.15, 0.2) is 53.7 Å². The molecule has 0 spiro atoms. The number of nitrogens with zero attached hydrogens (tertiary/aromatic N) is 4. The summed E-state index contributed by atoms with van der Waals surface area (Å²) in [6.45, 7) is 0.385. The fourth-order valence-electron chi connectivity index (χ4n) is 3.58. The maximum absolute atomic E-state index is 14.0. The van der Waals surface area contributed by atoms with E-state index in [0.717, 1.165) is 30.8 Å². The highest BCUT2D eigenvalue weighted by Gasteiger charge is 2.33.